The van der Waals surface area contributed by atoms with E-state index in [1.54, 1.807) is 0 Å². The molecule has 2 unspecified atom stereocenters. The predicted molar refractivity (Wildman–Crippen MR) is 87.6 cm³/mol. The molecule has 21 heavy (non-hydrogen) atoms. The Morgan fingerprint density at radius 3 is 2.90 bits per heavy atom. The molecular formula is C16H23BrN2O2. The summed E-state index contributed by atoms with van der Waals surface area (Å²) in [4.78, 5) is 11.9. The summed E-state index contributed by atoms with van der Waals surface area (Å²) in [5, 5.41) is 6.18. The number of halogens is 1. The quantitative estimate of drug-likeness (QED) is 0.825. The van der Waals surface area contributed by atoms with Crippen LogP contribution in [0.4, 0.5) is 0 Å². The zero-order valence-corrected chi connectivity index (χ0v) is 14.4. The number of fused-ring (bicyclic) bond motifs is 1. The van der Waals surface area contributed by atoms with Crippen molar-refractivity contribution < 1.29 is 9.53 Å². The highest BCUT2D eigenvalue weighted by Gasteiger charge is 2.24. The van der Waals surface area contributed by atoms with Gasteiger partial charge in [0.25, 0.3) is 0 Å². The van der Waals surface area contributed by atoms with Gasteiger partial charge in [-0.3, -0.25) is 4.79 Å². The lowest BCUT2D eigenvalue weighted by Crippen LogP contribution is -2.46. The van der Waals surface area contributed by atoms with Crippen LogP contribution in [0.3, 0.4) is 0 Å². The minimum atomic E-state index is -0.206. The third-order valence-corrected chi connectivity index (χ3v) is 3.99. The first-order valence-corrected chi connectivity index (χ1v) is 8.21. The number of carbonyl (C=O) groups excluding carboxylic acids is 1. The first-order valence-electron chi connectivity index (χ1n) is 7.42. The molecule has 0 saturated heterocycles. The van der Waals surface area contributed by atoms with Crippen molar-refractivity contribution in [2.75, 3.05) is 13.1 Å². The Bertz CT molecular complexity index is 505. The summed E-state index contributed by atoms with van der Waals surface area (Å²) < 4.78 is 6.94. The van der Waals surface area contributed by atoms with Gasteiger partial charge in [0.15, 0.2) is 0 Å². The molecule has 0 aliphatic carbocycles. The smallest absolute Gasteiger partial charge is 0.236 e. The number of nitrogens with one attached hydrogen (secondary N) is 2. The third kappa shape index (κ3) is 4.71. The number of amides is 1. The maximum absolute atomic E-state index is 11.9. The van der Waals surface area contributed by atoms with Gasteiger partial charge in [-0.15, -0.1) is 0 Å². The summed E-state index contributed by atoms with van der Waals surface area (Å²) in [5.41, 5.74) is 1.22. The lowest BCUT2D eigenvalue weighted by molar-refractivity contribution is -0.122. The normalized spacial score (nSPS) is 18.2. The molecule has 0 bridgehead atoms. The summed E-state index contributed by atoms with van der Waals surface area (Å²) in [7, 11) is 0. The van der Waals surface area contributed by atoms with Crippen LogP contribution in [0.5, 0.6) is 5.75 Å². The van der Waals surface area contributed by atoms with Crippen molar-refractivity contribution in [3.05, 3.63) is 28.2 Å². The largest absolute Gasteiger partial charge is 0.488 e. The molecule has 1 aromatic rings. The first kappa shape index (κ1) is 16.3. The maximum atomic E-state index is 11.9. The van der Waals surface area contributed by atoms with Crippen LogP contribution in [0.25, 0.3) is 0 Å². The van der Waals surface area contributed by atoms with Crippen LogP contribution in [-0.4, -0.2) is 31.1 Å². The second-order valence-corrected chi connectivity index (χ2v) is 6.88. The summed E-state index contributed by atoms with van der Waals surface area (Å²) >= 11 is 3.47. The molecule has 116 valence electrons. The van der Waals surface area contributed by atoms with Crippen LogP contribution in [0.2, 0.25) is 0 Å². The van der Waals surface area contributed by atoms with Crippen molar-refractivity contribution >= 4 is 21.8 Å². The average Bonchev–Trinajstić information content (AvgIpc) is 2.83. The van der Waals surface area contributed by atoms with Gasteiger partial charge in [-0.1, -0.05) is 29.8 Å². The molecule has 2 rings (SSSR count). The van der Waals surface area contributed by atoms with Crippen molar-refractivity contribution in [1.82, 2.24) is 10.6 Å². The van der Waals surface area contributed by atoms with E-state index < -0.39 is 0 Å². The molecule has 1 aromatic carbocycles. The minimum Gasteiger partial charge on any atom is -0.488 e. The molecule has 0 saturated carbocycles. The van der Waals surface area contributed by atoms with E-state index in [1.165, 1.54) is 5.56 Å². The molecule has 5 heteroatoms. The summed E-state index contributed by atoms with van der Waals surface area (Å²) in [6.45, 7) is 7.43. The summed E-state index contributed by atoms with van der Waals surface area (Å²) in [5.74, 6) is 1.45. The van der Waals surface area contributed by atoms with Crippen molar-refractivity contribution in [2.45, 2.75) is 39.3 Å². The van der Waals surface area contributed by atoms with Gasteiger partial charge in [-0.05, 0) is 36.6 Å². The van der Waals surface area contributed by atoms with E-state index in [0.29, 0.717) is 19.0 Å². The van der Waals surface area contributed by atoms with Gasteiger partial charge in [0, 0.05) is 24.0 Å². The van der Waals surface area contributed by atoms with E-state index in [4.69, 9.17) is 4.74 Å². The predicted octanol–water partition coefficient (Wildman–Crippen LogP) is 2.50. The zero-order chi connectivity index (χ0) is 15.4. The van der Waals surface area contributed by atoms with Gasteiger partial charge in [-0.25, -0.2) is 0 Å². The van der Waals surface area contributed by atoms with Crippen molar-refractivity contribution in [1.29, 1.82) is 0 Å². The van der Waals surface area contributed by atoms with Crippen molar-refractivity contribution in [3.8, 4) is 5.75 Å². The standard InChI is InChI=1S/C16H23BrN2O2/c1-10(2)8-19-16(20)11(3)18-9-14-7-12-6-13(17)4-5-15(12)21-14/h4-6,10-11,14,18H,7-9H2,1-3H3,(H,19,20). The van der Waals surface area contributed by atoms with Crippen LogP contribution >= 0.6 is 15.9 Å². The molecule has 0 radical (unpaired) electrons. The van der Waals surface area contributed by atoms with Crippen LogP contribution in [0.1, 0.15) is 26.3 Å². The molecule has 1 heterocycles. The van der Waals surface area contributed by atoms with E-state index >= 15 is 0 Å². The molecule has 0 aromatic heterocycles. The van der Waals surface area contributed by atoms with Crippen LogP contribution in [0, 0.1) is 5.92 Å². The Hall–Kier alpha value is -1.07. The fourth-order valence-electron chi connectivity index (χ4n) is 2.26. The van der Waals surface area contributed by atoms with Gasteiger partial charge >= 0.3 is 0 Å². The molecule has 0 fully saturated rings. The summed E-state index contributed by atoms with van der Waals surface area (Å²) in [6, 6.07) is 5.85. The zero-order valence-electron chi connectivity index (χ0n) is 12.8. The Balaban J connectivity index is 1.76. The highest BCUT2D eigenvalue weighted by molar-refractivity contribution is 9.10. The second kappa shape index (κ2) is 7.27. The number of rotatable bonds is 6. The SMILES string of the molecule is CC(C)CNC(=O)C(C)NCC1Cc2cc(Br)ccc2O1. The monoisotopic (exact) mass is 354 g/mol. The number of ether oxygens (including phenoxy) is 1. The maximum Gasteiger partial charge on any atom is 0.236 e. The lowest BCUT2D eigenvalue weighted by atomic mass is 10.1. The third-order valence-electron chi connectivity index (χ3n) is 3.49. The molecule has 2 atom stereocenters. The van der Waals surface area contributed by atoms with Gasteiger partial charge in [0.05, 0.1) is 6.04 Å². The van der Waals surface area contributed by atoms with Gasteiger partial charge in [-0.2, -0.15) is 0 Å². The van der Waals surface area contributed by atoms with E-state index in [-0.39, 0.29) is 18.1 Å². The van der Waals surface area contributed by atoms with Crippen LogP contribution in [0.15, 0.2) is 22.7 Å². The Labute approximate surface area is 134 Å². The highest BCUT2D eigenvalue weighted by Crippen LogP contribution is 2.30. The van der Waals surface area contributed by atoms with Gasteiger partial charge in [0.1, 0.15) is 11.9 Å². The van der Waals surface area contributed by atoms with E-state index in [2.05, 4.69) is 46.5 Å². The van der Waals surface area contributed by atoms with Gasteiger partial charge < -0.3 is 15.4 Å². The Morgan fingerprint density at radius 1 is 1.43 bits per heavy atom. The first-order chi connectivity index (χ1) is 9.95. The lowest BCUT2D eigenvalue weighted by Gasteiger charge is -2.17. The average molecular weight is 355 g/mol. The molecule has 1 aliphatic rings. The van der Waals surface area contributed by atoms with Crippen LogP contribution in [-0.2, 0) is 11.2 Å². The van der Waals surface area contributed by atoms with E-state index in [1.807, 2.05) is 19.1 Å². The number of hydrogen-bond donors (Lipinski definition) is 2. The fourth-order valence-corrected chi connectivity index (χ4v) is 2.67. The number of hydrogen-bond acceptors (Lipinski definition) is 3. The molecule has 2 N–H and O–H groups in total. The van der Waals surface area contributed by atoms with Crippen LogP contribution < -0.4 is 15.4 Å². The number of carbonyl (C=O) groups is 1. The Morgan fingerprint density at radius 2 is 2.19 bits per heavy atom. The Kier molecular flexibility index (Phi) is 5.65. The van der Waals surface area contributed by atoms with E-state index in [0.717, 1.165) is 16.6 Å². The minimum absolute atomic E-state index is 0.0435. The molecule has 1 amide bonds. The molecule has 4 nitrogen and oxygen atoms in total. The van der Waals surface area contributed by atoms with Crippen molar-refractivity contribution in [3.63, 3.8) is 0 Å². The molecule has 0 spiro atoms. The molecule has 1 aliphatic heterocycles. The molecular weight excluding hydrogens is 332 g/mol. The van der Waals surface area contributed by atoms with Crippen molar-refractivity contribution in [2.24, 2.45) is 5.92 Å². The topological polar surface area (TPSA) is 50.4 Å². The van der Waals surface area contributed by atoms with E-state index in [9.17, 15) is 4.79 Å². The second-order valence-electron chi connectivity index (χ2n) is 5.96. The summed E-state index contributed by atoms with van der Waals surface area (Å²) in [6.07, 6.45) is 0.969. The van der Waals surface area contributed by atoms with Gasteiger partial charge in [0.2, 0.25) is 5.91 Å². The number of benzene rings is 1. The highest BCUT2D eigenvalue weighted by atomic mass is 79.9. The fraction of sp³-hybridized carbons (Fsp3) is 0.562.